The summed E-state index contributed by atoms with van der Waals surface area (Å²) < 4.78 is 0.641. The maximum Gasteiger partial charge on any atom is 0.313 e. The predicted molar refractivity (Wildman–Crippen MR) is 68.7 cm³/mol. The average Bonchev–Trinajstić information content (AvgIpc) is 2.75. The van der Waals surface area contributed by atoms with Gasteiger partial charge in [0.2, 0.25) is 0 Å². The summed E-state index contributed by atoms with van der Waals surface area (Å²) in [6, 6.07) is 7.31. The zero-order valence-electron chi connectivity index (χ0n) is 8.46. The molecule has 0 spiro atoms. The Morgan fingerprint density at radius 2 is 2.29 bits per heavy atom. The van der Waals surface area contributed by atoms with Gasteiger partial charge in [-0.25, -0.2) is 0 Å². The van der Waals surface area contributed by atoms with Crippen LogP contribution in [-0.4, -0.2) is 27.0 Å². The Kier molecular flexibility index (Phi) is 3.98. The molecule has 0 radical (unpaired) electrons. The minimum atomic E-state index is -0.866. The van der Waals surface area contributed by atoms with Crippen molar-refractivity contribution in [3.8, 4) is 10.6 Å². The number of benzene rings is 1. The molecule has 0 fully saturated rings. The number of nitrogens with zero attached hydrogens (tertiary/aromatic N) is 2. The highest BCUT2D eigenvalue weighted by Crippen LogP contribution is 2.30. The van der Waals surface area contributed by atoms with Gasteiger partial charge in [0, 0.05) is 10.6 Å². The summed E-state index contributed by atoms with van der Waals surface area (Å²) in [4.78, 5) is 10.4. The van der Waals surface area contributed by atoms with Gasteiger partial charge in [0.15, 0.2) is 4.34 Å². The van der Waals surface area contributed by atoms with Crippen molar-refractivity contribution in [2.24, 2.45) is 0 Å². The number of carboxylic acids is 1. The van der Waals surface area contributed by atoms with Crippen LogP contribution in [0.25, 0.3) is 10.6 Å². The van der Waals surface area contributed by atoms with Gasteiger partial charge in [-0.1, -0.05) is 46.8 Å². The van der Waals surface area contributed by atoms with Crippen LogP contribution in [0.3, 0.4) is 0 Å². The van der Waals surface area contributed by atoms with E-state index in [4.69, 9.17) is 16.7 Å². The molecule has 1 N–H and O–H groups in total. The molecular formula is C10H7ClN2O2S2. The van der Waals surface area contributed by atoms with Gasteiger partial charge in [0.1, 0.15) is 5.01 Å². The van der Waals surface area contributed by atoms with Crippen LogP contribution in [0.15, 0.2) is 28.6 Å². The Balaban J connectivity index is 2.15. The second-order valence-electron chi connectivity index (χ2n) is 3.07. The van der Waals surface area contributed by atoms with Gasteiger partial charge < -0.3 is 5.11 Å². The molecule has 4 nitrogen and oxygen atoms in total. The summed E-state index contributed by atoms with van der Waals surface area (Å²) in [5, 5.41) is 17.8. The lowest BCUT2D eigenvalue weighted by Crippen LogP contribution is -1.96. The van der Waals surface area contributed by atoms with Gasteiger partial charge in [-0.2, -0.15) is 0 Å². The Morgan fingerprint density at radius 3 is 3.00 bits per heavy atom. The highest BCUT2D eigenvalue weighted by Gasteiger charge is 2.08. The van der Waals surface area contributed by atoms with Gasteiger partial charge >= 0.3 is 5.97 Å². The molecule has 0 aliphatic carbocycles. The van der Waals surface area contributed by atoms with Crippen molar-refractivity contribution in [1.82, 2.24) is 10.2 Å². The third kappa shape index (κ3) is 3.42. The average molecular weight is 287 g/mol. The van der Waals surface area contributed by atoms with Gasteiger partial charge in [0.05, 0.1) is 5.75 Å². The summed E-state index contributed by atoms with van der Waals surface area (Å²) >= 11 is 8.39. The summed E-state index contributed by atoms with van der Waals surface area (Å²) in [6.07, 6.45) is 0. The van der Waals surface area contributed by atoms with Crippen LogP contribution in [0.5, 0.6) is 0 Å². The molecule has 1 heterocycles. The Bertz CT molecular complexity index is 545. The zero-order valence-corrected chi connectivity index (χ0v) is 10.8. The quantitative estimate of drug-likeness (QED) is 0.875. The number of aliphatic carboxylic acids is 1. The molecule has 0 aliphatic rings. The molecule has 0 bridgehead atoms. The van der Waals surface area contributed by atoms with Gasteiger partial charge in [-0.3, -0.25) is 4.79 Å². The first-order valence-corrected chi connectivity index (χ1v) is 6.77. The monoisotopic (exact) mass is 286 g/mol. The van der Waals surface area contributed by atoms with E-state index in [1.807, 2.05) is 12.1 Å². The molecule has 1 aromatic carbocycles. The standard InChI is InChI=1S/C10H7ClN2O2S2/c11-7-3-1-2-6(4-7)9-12-13-10(17-9)16-5-8(14)15/h1-4H,5H2,(H,14,15). The molecule has 0 amide bonds. The normalized spacial score (nSPS) is 10.4. The Labute approximate surface area is 111 Å². The SMILES string of the molecule is O=C(O)CSc1nnc(-c2cccc(Cl)c2)s1. The van der Waals surface area contributed by atoms with E-state index < -0.39 is 5.97 Å². The molecule has 0 saturated heterocycles. The maximum absolute atomic E-state index is 10.4. The highest BCUT2D eigenvalue weighted by atomic mass is 35.5. The van der Waals surface area contributed by atoms with Crippen LogP contribution in [0.2, 0.25) is 5.02 Å². The van der Waals surface area contributed by atoms with Crippen LogP contribution in [0.1, 0.15) is 0 Å². The third-order valence-corrected chi connectivity index (χ3v) is 4.12. The van der Waals surface area contributed by atoms with E-state index in [-0.39, 0.29) is 5.75 Å². The molecule has 17 heavy (non-hydrogen) atoms. The van der Waals surface area contributed by atoms with Crippen molar-refractivity contribution in [3.63, 3.8) is 0 Å². The van der Waals surface area contributed by atoms with Crippen LogP contribution in [0, 0.1) is 0 Å². The molecule has 0 atom stereocenters. The smallest absolute Gasteiger partial charge is 0.313 e. The van der Waals surface area contributed by atoms with Crippen molar-refractivity contribution < 1.29 is 9.90 Å². The predicted octanol–water partition coefficient (Wildman–Crippen LogP) is 3.04. The van der Waals surface area contributed by atoms with E-state index in [1.54, 1.807) is 12.1 Å². The van der Waals surface area contributed by atoms with Gasteiger partial charge in [-0.05, 0) is 12.1 Å². The highest BCUT2D eigenvalue weighted by molar-refractivity contribution is 8.01. The molecule has 0 unspecified atom stereocenters. The lowest BCUT2D eigenvalue weighted by atomic mass is 10.2. The number of halogens is 1. The molecule has 2 aromatic rings. The molecule has 1 aromatic heterocycles. The van der Waals surface area contributed by atoms with E-state index in [9.17, 15) is 4.79 Å². The number of carboxylic acid groups (broad SMARTS) is 1. The number of carbonyl (C=O) groups is 1. The topological polar surface area (TPSA) is 63.1 Å². The maximum atomic E-state index is 10.4. The first-order chi connectivity index (χ1) is 8.15. The number of hydrogen-bond acceptors (Lipinski definition) is 5. The third-order valence-electron chi connectivity index (χ3n) is 1.80. The van der Waals surface area contributed by atoms with E-state index in [0.717, 1.165) is 22.3 Å². The molecular weight excluding hydrogens is 280 g/mol. The lowest BCUT2D eigenvalue weighted by molar-refractivity contribution is -0.133. The first-order valence-electron chi connectivity index (χ1n) is 4.59. The summed E-state index contributed by atoms with van der Waals surface area (Å²) in [5.41, 5.74) is 0.886. The van der Waals surface area contributed by atoms with Crippen molar-refractivity contribution >= 4 is 40.7 Å². The van der Waals surface area contributed by atoms with Crippen LogP contribution >= 0.6 is 34.7 Å². The summed E-state index contributed by atoms with van der Waals surface area (Å²) in [5.74, 6) is -0.876. The fourth-order valence-electron chi connectivity index (χ4n) is 1.13. The van der Waals surface area contributed by atoms with Crippen molar-refractivity contribution in [2.45, 2.75) is 4.34 Å². The molecule has 7 heteroatoms. The Hall–Kier alpha value is -1.11. The number of thioether (sulfide) groups is 1. The second-order valence-corrected chi connectivity index (χ2v) is 5.70. The van der Waals surface area contributed by atoms with Crippen LogP contribution in [-0.2, 0) is 4.79 Å². The van der Waals surface area contributed by atoms with E-state index in [0.29, 0.717) is 9.36 Å². The minimum absolute atomic E-state index is 0.00974. The molecule has 2 rings (SSSR count). The minimum Gasteiger partial charge on any atom is -0.481 e. The van der Waals surface area contributed by atoms with E-state index >= 15 is 0 Å². The fraction of sp³-hybridized carbons (Fsp3) is 0.100. The summed E-state index contributed by atoms with van der Waals surface area (Å²) in [7, 11) is 0. The zero-order chi connectivity index (χ0) is 12.3. The van der Waals surface area contributed by atoms with E-state index in [2.05, 4.69) is 10.2 Å². The van der Waals surface area contributed by atoms with E-state index in [1.165, 1.54) is 11.3 Å². The number of rotatable bonds is 4. The van der Waals surface area contributed by atoms with Crippen molar-refractivity contribution in [3.05, 3.63) is 29.3 Å². The van der Waals surface area contributed by atoms with Crippen LogP contribution in [0.4, 0.5) is 0 Å². The van der Waals surface area contributed by atoms with Crippen molar-refractivity contribution in [1.29, 1.82) is 0 Å². The Morgan fingerprint density at radius 1 is 1.47 bits per heavy atom. The largest absolute Gasteiger partial charge is 0.481 e. The summed E-state index contributed by atoms with van der Waals surface area (Å²) in [6.45, 7) is 0. The lowest BCUT2D eigenvalue weighted by Gasteiger charge is -1.94. The first kappa shape index (κ1) is 12.3. The van der Waals surface area contributed by atoms with Gasteiger partial charge in [0.25, 0.3) is 0 Å². The second kappa shape index (κ2) is 5.48. The number of aromatic nitrogens is 2. The van der Waals surface area contributed by atoms with Crippen LogP contribution < -0.4 is 0 Å². The van der Waals surface area contributed by atoms with Crippen molar-refractivity contribution in [2.75, 3.05) is 5.75 Å². The molecule has 0 aliphatic heterocycles. The van der Waals surface area contributed by atoms with Gasteiger partial charge in [-0.15, -0.1) is 10.2 Å². The molecule has 88 valence electrons. The number of hydrogen-bond donors (Lipinski definition) is 1. The molecule has 0 saturated carbocycles. The fourth-order valence-corrected chi connectivity index (χ4v) is 2.89.